The molecule has 0 bridgehead atoms. The predicted octanol–water partition coefficient (Wildman–Crippen LogP) is 2.75. The van der Waals surface area contributed by atoms with Gasteiger partial charge in [-0.1, -0.05) is 19.4 Å². The Labute approximate surface area is 97.9 Å². The maximum Gasteiger partial charge on any atom is 0.0447 e. The van der Waals surface area contributed by atoms with Crippen LogP contribution in [-0.2, 0) is 0 Å². The molecule has 84 valence electrons. The van der Waals surface area contributed by atoms with Gasteiger partial charge in [0.05, 0.1) is 0 Å². The highest BCUT2D eigenvalue weighted by Crippen LogP contribution is 2.22. The summed E-state index contributed by atoms with van der Waals surface area (Å²) in [5.41, 5.74) is 1.21. The van der Waals surface area contributed by atoms with Crippen molar-refractivity contribution in [1.29, 1.82) is 0 Å². The van der Waals surface area contributed by atoms with Gasteiger partial charge in [-0.2, -0.15) is 0 Å². The minimum absolute atomic E-state index is 0. The van der Waals surface area contributed by atoms with Crippen LogP contribution in [0.4, 0.5) is 0 Å². The van der Waals surface area contributed by atoms with E-state index in [1.807, 2.05) is 12.3 Å². The topological polar surface area (TPSA) is 24.9 Å². The molecule has 15 heavy (non-hydrogen) atoms. The zero-order chi connectivity index (χ0) is 9.80. The SMILES string of the molecule is CC(c1ccccn1)C1CCCCN1.Cl. The maximum absolute atomic E-state index is 4.41. The van der Waals surface area contributed by atoms with Gasteiger partial charge in [-0.05, 0) is 31.5 Å². The largest absolute Gasteiger partial charge is 0.313 e. The third-order valence-electron chi connectivity index (χ3n) is 3.11. The zero-order valence-corrected chi connectivity index (χ0v) is 9.96. The highest BCUT2D eigenvalue weighted by atomic mass is 35.5. The Balaban J connectivity index is 0.00000112. The van der Waals surface area contributed by atoms with Crippen molar-refractivity contribution >= 4 is 12.4 Å². The zero-order valence-electron chi connectivity index (χ0n) is 9.15. The Kier molecular flexibility index (Phi) is 5.06. The van der Waals surface area contributed by atoms with Crippen molar-refractivity contribution in [3.63, 3.8) is 0 Å². The quantitative estimate of drug-likeness (QED) is 0.839. The van der Waals surface area contributed by atoms with E-state index in [9.17, 15) is 0 Å². The molecule has 1 aromatic heterocycles. The first-order chi connectivity index (χ1) is 6.88. The predicted molar refractivity (Wildman–Crippen MR) is 65.5 cm³/mol. The average Bonchev–Trinajstić information content (AvgIpc) is 2.30. The monoisotopic (exact) mass is 226 g/mol. The standard InChI is InChI=1S/C12H18N2.ClH/c1-10(11-6-2-4-8-13-11)12-7-3-5-9-14-12;/h2,4,6,8,10,12,14H,3,5,7,9H2,1H3;1H. The van der Waals surface area contributed by atoms with Crippen LogP contribution in [0.25, 0.3) is 0 Å². The van der Waals surface area contributed by atoms with Crippen molar-refractivity contribution in [3.8, 4) is 0 Å². The van der Waals surface area contributed by atoms with Crippen LogP contribution in [0, 0.1) is 0 Å². The van der Waals surface area contributed by atoms with E-state index in [1.165, 1.54) is 31.5 Å². The van der Waals surface area contributed by atoms with Gasteiger partial charge in [0, 0.05) is 23.9 Å². The van der Waals surface area contributed by atoms with Gasteiger partial charge in [-0.3, -0.25) is 4.98 Å². The van der Waals surface area contributed by atoms with Crippen LogP contribution in [0.15, 0.2) is 24.4 Å². The van der Waals surface area contributed by atoms with Crippen LogP contribution in [0.2, 0.25) is 0 Å². The molecule has 2 nitrogen and oxygen atoms in total. The first kappa shape index (κ1) is 12.5. The lowest BCUT2D eigenvalue weighted by molar-refractivity contribution is 0.358. The summed E-state index contributed by atoms with van der Waals surface area (Å²) in [6, 6.07) is 6.80. The van der Waals surface area contributed by atoms with E-state index >= 15 is 0 Å². The van der Waals surface area contributed by atoms with E-state index in [-0.39, 0.29) is 12.4 Å². The summed E-state index contributed by atoms with van der Waals surface area (Å²) in [6.07, 6.45) is 5.85. The molecule has 0 radical (unpaired) electrons. The number of piperidine rings is 1. The maximum atomic E-state index is 4.41. The molecule has 0 aromatic carbocycles. The molecule has 1 aliphatic heterocycles. The number of aromatic nitrogens is 1. The fourth-order valence-corrected chi connectivity index (χ4v) is 2.16. The van der Waals surface area contributed by atoms with Crippen LogP contribution in [0.3, 0.4) is 0 Å². The Morgan fingerprint density at radius 1 is 1.40 bits per heavy atom. The summed E-state index contributed by atoms with van der Waals surface area (Å²) in [7, 11) is 0. The molecule has 3 heteroatoms. The fraction of sp³-hybridized carbons (Fsp3) is 0.583. The molecule has 0 spiro atoms. The number of nitrogens with zero attached hydrogens (tertiary/aromatic N) is 1. The van der Waals surface area contributed by atoms with Crippen LogP contribution in [-0.4, -0.2) is 17.6 Å². The summed E-state index contributed by atoms with van der Waals surface area (Å²) in [6.45, 7) is 3.44. The van der Waals surface area contributed by atoms with Gasteiger partial charge in [-0.25, -0.2) is 0 Å². The van der Waals surface area contributed by atoms with Crippen molar-refractivity contribution in [2.45, 2.75) is 38.1 Å². The Bertz CT molecular complexity index is 270. The molecule has 1 fully saturated rings. The third-order valence-corrected chi connectivity index (χ3v) is 3.11. The molecule has 0 saturated carbocycles. The van der Waals surface area contributed by atoms with Crippen molar-refractivity contribution in [2.75, 3.05) is 6.54 Å². The first-order valence-corrected chi connectivity index (χ1v) is 5.52. The summed E-state index contributed by atoms with van der Waals surface area (Å²) in [5.74, 6) is 0.538. The molecular weight excluding hydrogens is 208 g/mol. The molecule has 2 rings (SSSR count). The Morgan fingerprint density at radius 2 is 2.27 bits per heavy atom. The van der Waals surface area contributed by atoms with E-state index in [4.69, 9.17) is 0 Å². The molecule has 1 aromatic rings. The van der Waals surface area contributed by atoms with E-state index in [0.717, 1.165) is 0 Å². The highest BCUT2D eigenvalue weighted by Gasteiger charge is 2.21. The van der Waals surface area contributed by atoms with Gasteiger partial charge in [0.2, 0.25) is 0 Å². The number of hydrogen-bond acceptors (Lipinski definition) is 2. The smallest absolute Gasteiger partial charge is 0.0447 e. The number of rotatable bonds is 2. The van der Waals surface area contributed by atoms with Crippen LogP contribution < -0.4 is 5.32 Å². The van der Waals surface area contributed by atoms with Crippen LogP contribution in [0.5, 0.6) is 0 Å². The van der Waals surface area contributed by atoms with Crippen molar-refractivity contribution in [3.05, 3.63) is 30.1 Å². The number of hydrogen-bond donors (Lipinski definition) is 1. The molecule has 1 N–H and O–H groups in total. The Morgan fingerprint density at radius 3 is 2.87 bits per heavy atom. The van der Waals surface area contributed by atoms with Gasteiger partial charge in [0.25, 0.3) is 0 Å². The second-order valence-corrected chi connectivity index (χ2v) is 4.10. The fourth-order valence-electron chi connectivity index (χ4n) is 2.16. The molecule has 1 saturated heterocycles. The van der Waals surface area contributed by atoms with Gasteiger partial charge in [0.15, 0.2) is 0 Å². The van der Waals surface area contributed by atoms with Gasteiger partial charge in [0.1, 0.15) is 0 Å². The molecule has 2 heterocycles. The summed E-state index contributed by atoms with van der Waals surface area (Å²) < 4.78 is 0. The molecule has 2 atom stereocenters. The van der Waals surface area contributed by atoms with E-state index < -0.39 is 0 Å². The molecule has 0 aliphatic carbocycles. The highest BCUT2D eigenvalue weighted by molar-refractivity contribution is 5.85. The number of halogens is 1. The lowest BCUT2D eigenvalue weighted by Crippen LogP contribution is -2.38. The normalized spacial score (nSPS) is 22.9. The van der Waals surface area contributed by atoms with E-state index in [1.54, 1.807) is 0 Å². The van der Waals surface area contributed by atoms with E-state index in [0.29, 0.717) is 12.0 Å². The van der Waals surface area contributed by atoms with Gasteiger partial charge >= 0.3 is 0 Å². The molecular formula is C12H19ClN2. The summed E-state index contributed by atoms with van der Waals surface area (Å²) >= 11 is 0. The minimum Gasteiger partial charge on any atom is -0.313 e. The van der Waals surface area contributed by atoms with Crippen molar-refractivity contribution in [2.24, 2.45) is 0 Å². The molecule has 2 unspecified atom stereocenters. The van der Waals surface area contributed by atoms with Crippen molar-refractivity contribution < 1.29 is 0 Å². The second kappa shape index (κ2) is 6.09. The van der Waals surface area contributed by atoms with Gasteiger partial charge in [-0.15, -0.1) is 12.4 Å². The summed E-state index contributed by atoms with van der Waals surface area (Å²) in [4.78, 5) is 4.41. The number of nitrogens with one attached hydrogen (secondary N) is 1. The lowest BCUT2D eigenvalue weighted by atomic mass is 9.91. The molecule has 0 amide bonds. The van der Waals surface area contributed by atoms with Crippen LogP contribution in [0.1, 0.15) is 37.8 Å². The van der Waals surface area contributed by atoms with Gasteiger partial charge < -0.3 is 5.32 Å². The van der Waals surface area contributed by atoms with Crippen LogP contribution >= 0.6 is 12.4 Å². The van der Waals surface area contributed by atoms with Crippen molar-refractivity contribution in [1.82, 2.24) is 10.3 Å². The van der Waals surface area contributed by atoms with E-state index in [2.05, 4.69) is 29.4 Å². The third kappa shape index (κ3) is 3.18. The second-order valence-electron chi connectivity index (χ2n) is 4.10. The minimum atomic E-state index is 0. The molecule has 1 aliphatic rings. The first-order valence-electron chi connectivity index (χ1n) is 5.52. The number of pyridine rings is 1. The Hall–Kier alpha value is -0.600. The summed E-state index contributed by atoms with van der Waals surface area (Å²) in [5, 5.41) is 3.58. The lowest BCUT2D eigenvalue weighted by Gasteiger charge is -2.28. The average molecular weight is 227 g/mol.